The number of rotatable bonds is 9. The Labute approximate surface area is 228 Å². The number of amides is 1. The minimum atomic E-state index is -1.93. The number of halogens is 2. The van der Waals surface area contributed by atoms with Crippen molar-refractivity contribution in [2.45, 2.75) is 12.2 Å². The van der Waals surface area contributed by atoms with Gasteiger partial charge in [-0.3, -0.25) is 4.79 Å². The Kier molecular flexibility index (Phi) is 8.61. The Morgan fingerprint density at radius 1 is 1.00 bits per heavy atom. The molecule has 188 valence electrons. The molecule has 0 aliphatic heterocycles. The molecule has 0 aliphatic rings. The lowest BCUT2D eigenvalue weighted by atomic mass is 9.85. The number of hydrogen-bond acceptors (Lipinski definition) is 5. The summed E-state index contributed by atoms with van der Waals surface area (Å²) in [7, 11) is 1.51. The molecule has 2 N–H and O–H groups in total. The minimum Gasteiger partial charge on any atom is -0.493 e. The maximum atomic E-state index is 13.2. The van der Waals surface area contributed by atoms with E-state index in [0.717, 1.165) is 10.0 Å². The van der Waals surface area contributed by atoms with Crippen molar-refractivity contribution >= 4 is 39.7 Å². The van der Waals surface area contributed by atoms with Crippen LogP contribution in [0, 0.1) is 0 Å². The van der Waals surface area contributed by atoms with E-state index in [1.807, 2.05) is 36.4 Å². The second-order valence-corrected chi connectivity index (χ2v) is 9.41. The van der Waals surface area contributed by atoms with Crippen molar-refractivity contribution in [1.82, 2.24) is 5.43 Å². The van der Waals surface area contributed by atoms with E-state index in [1.165, 1.54) is 13.3 Å². The number of hydrazone groups is 1. The van der Waals surface area contributed by atoms with Crippen LogP contribution in [0.25, 0.3) is 0 Å². The van der Waals surface area contributed by atoms with Crippen molar-refractivity contribution < 1.29 is 19.4 Å². The normalized spacial score (nSPS) is 11.4. The fourth-order valence-corrected chi connectivity index (χ4v) is 4.26. The van der Waals surface area contributed by atoms with Crippen molar-refractivity contribution in [3.05, 3.63) is 129 Å². The number of nitrogens with one attached hydrogen (secondary N) is 1. The Hall–Kier alpha value is -3.65. The fourth-order valence-electron chi connectivity index (χ4n) is 3.72. The lowest BCUT2D eigenvalue weighted by Gasteiger charge is -2.27. The van der Waals surface area contributed by atoms with Crippen molar-refractivity contribution in [2.75, 3.05) is 7.11 Å². The van der Waals surface area contributed by atoms with Crippen molar-refractivity contribution in [1.29, 1.82) is 0 Å². The summed E-state index contributed by atoms with van der Waals surface area (Å²) in [5.74, 6) is 0.118. The maximum absolute atomic E-state index is 13.2. The van der Waals surface area contributed by atoms with Crippen LogP contribution in [0.1, 0.15) is 22.3 Å². The number of nitrogens with zero attached hydrogens (tertiary/aromatic N) is 1. The Balaban J connectivity index is 1.52. The largest absolute Gasteiger partial charge is 0.493 e. The van der Waals surface area contributed by atoms with Gasteiger partial charge in [-0.2, -0.15) is 5.10 Å². The van der Waals surface area contributed by atoms with E-state index in [4.69, 9.17) is 21.1 Å². The van der Waals surface area contributed by atoms with Crippen LogP contribution in [0.15, 0.2) is 107 Å². The third kappa shape index (κ3) is 6.20. The van der Waals surface area contributed by atoms with E-state index in [1.54, 1.807) is 60.7 Å². The molecular weight excluding hydrogens is 556 g/mol. The molecule has 4 aromatic carbocycles. The molecule has 0 saturated heterocycles. The van der Waals surface area contributed by atoms with Gasteiger partial charge in [-0.15, -0.1) is 0 Å². The van der Waals surface area contributed by atoms with E-state index in [9.17, 15) is 9.90 Å². The monoisotopic (exact) mass is 578 g/mol. The Bertz CT molecular complexity index is 1340. The van der Waals surface area contributed by atoms with Gasteiger partial charge in [0, 0.05) is 4.47 Å². The van der Waals surface area contributed by atoms with E-state index in [0.29, 0.717) is 39.8 Å². The molecule has 6 nitrogen and oxygen atoms in total. The van der Waals surface area contributed by atoms with Crippen LogP contribution in [0.3, 0.4) is 0 Å². The number of carbonyl (C=O) groups is 1. The van der Waals surface area contributed by atoms with Crippen LogP contribution >= 0.6 is 27.5 Å². The van der Waals surface area contributed by atoms with E-state index in [2.05, 4.69) is 26.5 Å². The van der Waals surface area contributed by atoms with Gasteiger partial charge in [-0.1, -0.05) is 100 Å². The molecule has 0 fully saturated rings. The molecule has 0 aromatic heterocycles. The van der Waals surface area contributed by atoms with E-state index >= 15 is 0 Å². The summed E-state index contributed by atoms with van der Waals surface area (Å²) in [5, 5.41) is 15.9. The Morgan fingerprint density at radius 3 is 2.16 bits per heavy atom. The van der Waals surface area contributed by atoms with Crippen LogP contribution in [-0.2, 0) is 17.0 Å². The highest BCUT2D eigenvalue weighted by molar-refractivity contribution is 9.10. The summed E-state index contributed by atoms with van der Waals surface area (Å²) in [4.78, 5) is 13.2. The van der Waals surface area contributed by atoms with Gasteiger partial charge in [0.1, 0.15) is 6.61 Å². The SMILES string of the molecule is COc1cc(/C=N\NC(=O)C(O)(c2ccccc2)c2ccccc2)cc(Cl)c1OCc1ccc(Br)cc1. The summed E-state index contributed by atoms with van der Waals surface area (Å²) in [5.41, 5.74) is 2.91. The van der Waals surface area contributed by atoms with Crippen LogP contribution in [-0.4, -0.2) is 24.3 Å². The Morgan fingerprint density at radius 2 is 1.59 bits per heavy atom. The predicted molar refractivity (Wildman–Crippen MR) is 148 cm³/mol. The molecule has 37 heavy (non-hydrogen) atoms. The van der Waals surface area contributed by atoms with Crippen molar-refractivity contribution in [2.24, 2.45) is 5.10 Å². The summed E-state index contributed by atoms with van der Waals surface area (Å²) in [6.07, 6.45) is 1.42. The maximum Gasteiger partial charge on any atom is 0.281 e. The molecule has 4 aromatic rings. The summed E-state index contributed by atoms with van der Waals surface area (Å²) < 4.78 is 12.4. The average Bonchev–Trinajstić information content (AvgIpc) is 2.93. The summed E-state index contributed by atoms with van der Waals surface area (Å²) in [6.45, 7) is 0.310. The first-order valence-corrected chi connectivity index (χ1v) is 12.5. The number of aliphatic hydroxyl groups is 1. The summed E-state index contributed by atoms with van der Waals surface area (Å²) in [6, 6.07) is 28.5. The molecule has 0 spiro atoms. The molecule has 4 rings (SSSR count). The van der Waals surface area contributed by atoms with Gasteiger partial charge in [0.25, 0.3) is 5.91 Å². The smallest absolute Gasteiger partial charge is 0.281 e. The predicted octanol–water partition coefficient (Wildman–Crippen LogP) is 6.08. The molecule has 1 amide bonds. The first-order valence-electron chi connectivity index (χ1n) is 11.3. The molecule has 0 atom stereocenters. The third-order valence-electron chi connectivity index (χ3n) is 5.64. The highest BCUT2D eigenvalue weighted by Crippen LogP contribution is 2.37. The first-order chi connectivity index (χ1) is 17.9. The zero-order valence-electron chi connectivity index (χ0n) is 19.9. The number of ether oxygens (including phenoxy) is 2. The molecule has 8 heteroatoms. The zero-order chi connectivity index (χ0) is 26.3. The number of benzene rings is 4. The van der Waals surface area contributed by atoms with Gasteiger partial charge in [0.05, 0.1) is 18.3 Å². The van der Waals surface area contributed by atoms with Crippen LogP contribution < -0.4 is 14.9 Å². The second kappa shape index (κ2) is 12.1. The highest BCUT2D eigenvalue weighted by Gasteiger charge is 2.39. The number of hydrogen-bond donors (Lipinski definition) is 2. The lowest BCUT2D eigenvalue weighted by molar-refractivity contribution is -0.136. The van der Waals surface area contributed by atoms with Crippen LogP contribution in [0.2, 0.25) is 5.02 Å². The molecule has 0 saturated carbocycles. The second-order valence-electron chi connectivity index (χ2n) is 8.09. The van der Waals surface area contributed by atoms with Gasteiger partial charge in [-0.05, 0) is 46.5 Å². The molecule has 0 bridgehead atoms. The van der Waals surface area contributed by atoms with Crippen molar-refractivity contribution in [3.63, 3.8) is 0 Å². The molecule has 0 radical (unpaired) electrons. The number of carbonyl (C=O) groups excluding carboxylic acids is 1. The summed E-state index contributed by atoms with van der Waals surface area (Å²) >= 11 is 9.89. The average molecular weight is 580 g/mol. The van der Waals surface area contributed by atoms with Gasteiger partial charge < -0.3 is 14.6 Å². The molecular formula is C29H24BrClN2O4. The van der Waals surface area contributed by atoms with Crippen LogP contribution in [0.5, 0.6) is 11.5 Å². The quantitative estimate of drug-likeness (QED) is 0.186. The van der Waals surface area contributed by atoms with Gasteiger partial charge in [0.15, 0.2) is 17.1 Å². The molecule has 0 aliphatic carbocycles. The van der Waals surface area contributed by atoms with Gasteiger partial charge in [0.2, 0.25) is 0 Å². The van der Waals surface area contributed by atoms with Crippen LogP contribution in [0.4, 0.5) is 0 Å². The lowest BCUT2D eigenvalue weighted by Crippen LogP contribution is -2.43. The van der Waals surface area contributed by atoms with Gasteiger partial charge >= 0.3 is 0 Å². The van der Waals surface area contributed by atoms with E-state index < -0.39 is 11.5 Å². The van der Waals surface area contributed by atoms with Gasteiger partial charge in [-0.25, -0.2) is 5.43 Å². The third-order valence-corrected chi connectivity index (χ3v) is 6.45. The zero-order valence-corrected chi connectivity index (χ0v) is 22.2. The highest BCUT2D eigenvalue weighted by atomic mass is 79.9. The molecule has 0 heterocycles. The standard InChI is InChI=1S/C29H24BrClN2O4/c1-36-26-17-21(16-25(31)27(26)37-19-20-12-14-24(30)15-13-20)18-32-33-28(34)29(35,22-8-4-2-5-9-22)23-10-6-3-7-11-23/h2-18,35H,19H2,1H3,(H,33,34)/b32-18-. The van der Waals surface area contributed by atoms with E-state index in [-0.39, 0.29) is 0 Å². The first kappa shape index (κ1) is 26.4. The topological polar surface area (TPSA) is 80.2 Å². The number of methoxy groups -OCH3 is 1. The van der Waals surface area contributed by atoms with Crippen molar-refractivity contribution in [3.8, 4) is 11.5 Å². The fraction of sp³-hybridized carbons (Fsp3) is 0.103. The minimum absolute atomic E-state index is 0.310. The molecule has 0 unspecified atom stereocenters.